The quantitative estimate of drug-likeness (QED) is 0.414. The van der Waals surface area contributed by atoms with Crippen LogP contribution in [0, 0.1) is 5.82 Å². The minimum Gasteiger partial charge on any atom is -0.462 e. The molecule has 0 unspecified atom stereocenters. The lowest BCUT2D eigenvalue weighted by Gasteiger charge is -2.10. The van der Waals surface area contributed by atoms with Gasteiger partial charge in [-0.2, -0.15) is 5.10 Å². The first-order valence-electron chi connectivity index (χ1n) is 9.59. The van der Waals surface area contributed by atoms with Crippen molar-refractivity contribution in [3.05, 3.63) is 77.3 Å². The second-order valence-electron chi connectivity index (χ2n) is 6.63. The molecule has 162 valence electrons. The number of aromatic nitrogens is 3. The summed E-state index contributed by atoms with van der Waals surface area (Å²) in [6.07, 6.45) is 2.98. The molecule has 0 fully saturated rings. The molecule has 2 heterocycles. The van der Waals surface area contributed by atoms with Crippen LogP contribution in [0.1, 0.15) is 17.3 Å². The number of urea groups is 1. The molecule has 8 nitrogen and oxygen atoms in total. The maximum absolute atomic E-state index is 13.3. The Morgan fingerprint density at radius 3 is 2.66 bits per heavy atom. The third-order valence-corrected chi connectivity index (χ3v) is 4.78. The Morgan fingerprint density at radius 1 is 1.12 bits per heavy atom. The van der Waals surface area contributed by atoms with E-state index in [-0.39, 0.29) is 17.2 Å². The monoisotopic (exact) mass is 453 g/mol. The van der Waals surface area contributed by atoms with Gasteiger partial charge in [0.2, 0.25) is 0 Å². The smallest absolute Gasteiger partial charge is 0.343 e. The fourth-order valence-electron chi connectivity index (χ4n) is 3.09. The predicted molar refractivity (Wildman–Crippen MR) is 118 cm³/mol. The second kappa shape index (κ2) is 9.03. The molecule has 4 rings (SSSR count). The number of anilines is 2. The number of carbonyl (C=O) groups is 2. The van der Waals surface area contributed by atoms with E-state index >= 15 is 0 Å². The van der Waals surface area contributed by atoms with Gasteiger partial charge in [0.25, 0.3) is 0 Å². The van der Waals surface area contributed by atoms with Crippen molar-refractivity contribution in [2.24, 2.45) is 0 Å². The Balaban J connectivity index is 1.58. The van der Waals surface area contributed by atoms with Gasteiger partial charge in [-0.05, 0) is 43.3 Å². The Labute approximate surface area is 187 Å². The molecule has 0 saturated carbocycles. The molecule has 0 radical (unpaired) electrons. The molecule has 2 aromatic heterocycles. The van der Waals surface area contributed by atoms with Crippen LogP contribution < -0.4 is 10.6 Å². The molecule has 0 atom stereocenters. The average Bonchev–Trinajstić information content (AvgIpc) is 3.21. The van der Waals surface area contributed by atoms with E-state index in [1.165, 1.54) is 28.9 Å². The zero-order chi connectivity index (χ0) is 22.7. The van der Waals surface area contributed by atoms with Crippen molar-refractivity contribution in [2.45, 2.75) is 6.92 Å². The molecular weight excluding hydrogens is 437 g/mol. The van der Waals surface area contributed by atoms with E-state index in [1.807, 2.05) is 6.07 Å². The Hall–Kier alpha value is -3.98. The van der Waals surface area contributed by atoms with Crippen molar-refractivity contribution in [1.82, 2.24) is 14.6 Å². The highest BCUT2D eigenvalue weighted by Crippen LogP contribution is 2.25. The van der Waals surface area contributed by atoms with Crippen LogP contribution in [-0.2, 0) is 4.74 Å². The number of nitrogens with one attached hydrogen (secondary N) is 2. The lowest BCUT2D eigenvalue weighted by atomic mass is 10.1. The van der Waals surface area contributed by atoms with Gasteiger partial charge >= 0.3 is 12.0 Å². The number of halogens is 2. The number of esters is 1. The van der Waals surface area contributed by atoms with Gasteiger partial charge in [-0.25, -0.2) is 23.5 Å². The molecule has 0 aliphatic heterocycles. The highest BCUT2D eigenvalue weighted by atomic mass is 35.5. The highest BCUT2D eigenvalue weighted by Gasteiger charge is 2.17. The van der Waals surface area contributed by atoms with E-state index in [0.29, 0.717) is 22.7 Å². The van der Waals surface area contributed by atoms with E-state index in [1.54, 1.807) is 37.4 Å². The molecular formula is C22H17ClFN5O3. The summed E-state index contributed by atoms with van der Waals surface area (Å²) in [7, 11) is 0. The van der Waals surface area contributed by atoms with Gasteiger partial charge in [0.05, 0.1) is 23.5 Å². The minimum absolute atomic E-state index is 0.0899. The summed E-state index contributed by atoms with van der Waals surface area (Å²) >= 11 is 5.74. The van der Waals surface area contributed by atoms with Crippen LogP contribution in [0.4, 0.5) is 20.6 Å². The maximum Gasteiger partial charge on any atom is 0.343 e. The van der Waals surface area contributed by atoms with Gasteiger partial charge in [-0.3, -0.25) is 0 Å². The molecule has 10 heteroatoms. The van der Waals surface area contributed by atoms with Crippen LogP contribution in [-0.4, -0.2) is 33.2 Å². The minimum atomic E-state index is -0.571. The van der Waals surface area contributed by atoms with E-state index in [4.69, 9.17) is 16.3 Å². The van der Waals surface area contributed by atoms with Crippen LogP contribution in [0.3, 0.4) is 0 Å². The van der Waals surface area contributed by atoms with Crippen molar-refractivity contribution < 1.29 is 18.7 Å². The summed E-state index contributed by atoms with van der Waals surface area (Å²) in [5, 5.41) is 9.49. The van der Waals surface area contributed by atoms with Gasteiger partial charge < -0.3 is 15.4 Å². The molecule has 2 N–H and O–H groups in total. The third kappa shape index (κ3) is 4.37. The number of rotatable bonds is 5. The number of benzene rings is 2. The van der Waals surface area contributed by atoms with Crippen molar-refractivity contribution in [3.8, 4) is 11.3 Å². The summed E-state index contributed by atoms with van der Waals surface area (Å²) in [4.78, 5) is 28.7. The standard InChI is InChI=1S/C22H17ClFN5O3/c1-2-32-21(30)16-12-26-29-19(8-9-25-20(16)29)13-4-3-5-14(10-13)27-22(31)28-15-6-7-18(24)17(23)11-15/h3-12H,2H2,1H3,(H2,27,28,31). The summed E-state index contributed by atoms with van der Waals surface area (Å²) < 4.78 is 19.9. The summed E-state index contributed by atoms with van der Waals surface area (Å²) in [5.41, 5.74) is 2.89. The van der Waals surface area contributed by atoms with E-state index in [0.717, 1.165) is 5.56 Å². The van der Waals surface area contributed by atoms with Gasteiger partial charge in [0.1, 0.15) is 11.4 Å². The van der Waals surface area contributed by atoms with E-state index in [9.17, 15) is 14.0 Å². The lowest BCUT2D eigenvalue weighted by Crippen LogP contribution is -2.19. The SMILES string of the molecule is CCOC(=O)c1cnn2c(-c3cccc(NC(=O)Nc4ccc(F)c(Cl)c4)c3)ccnc12. The Kier molecular flexibility index (Phi) is 6.00. The van der Waals surface area contributed by atoms with Crippen LogP contribution in [0.15, 0.2) is 60.9 Å². The lowest BCUT2D eigenvalue weighted by molar-refractivity contribution is 0.0528. The number of ether oxygens (including phenoxy) is 1. The third-order valence-electron chi connectivity index (χ3n) is 4.49. The number of nitrogens with zero attached hydrogens (tertiary/aromatic N) is 3. The van der Waals surface area contributed by atoms with Crippen molar-refractivity contribution >= 4 is 40.6 Å². The van der Waals surface area contributed by atoms with Gasteiger partial charge in [0.15, 0.2) is 5.65 Å². The van der Waals surface area contributed by atoms with E-state index < -0.39 is 17.8 Å². The predicted octanol–water partition coefficient (Wildman–Crippen LogP) is 5.01. The molecule has 2 aromatic carbocycles. The number of amides is 2. The van der Waals surface area contributed by atoms with Crippen molar-refractivity contribution in [2.75, 3.05) is 17.2 Å². The molecule has 2 amide bonds. The van der Waals surface area contributed by atoms with Crippen LogP contribution in [0.25, 0.3) is 16.9 Å². The fraction of sp³-hybridized carbons (Fsp3) is 0.0909. The normalized spacial score (nSPS) is 10.7. The Morgan fingerprint density at radius 2 is 1.91 bits per heavy atom. The maximum atomic E-state index is 13.3. The molecule has 0 bridgehead atoms. The van der Waals surface area contributed by atoms with Gasteiger partial charge in [0, 0.05) is 23.1 Å². The van der Waals surface area contributed by atoms with Crippen molar-refractivity contribution in [1.29, 1.82) is 0 Å². The largest absolute Gasteiger partial charge is 0.462 e. The average molecular weight is 454 g/mol. The summed E-state index contributed by atoms with van der Waals surface area (Å²) in [6.45, 7) is 1.97. The first kappa shape index (κ1) is 21.3. The fourth-order valence-corrected chi connectivity index (χ4v) is 3.27. The zero-order valence-electron chi connectivity index (χ0n) is 16.8. The van der Waals surface area contributed by atoms with Crippen LogP contribution >= 0.6 is 11.6 Å². The van der Waals surface area contributed by atoms with E-state index in [2.05, 4.69) is 20.7 Å². The second-order valence-corrected chi connectivity index (χ2v) is 7.04. The molecule has 0 saturated heterocycles. The van der Waals surface area contributed by atoms with Gasteiger partial charge in [-0.15, -0.1) is 0 Å². The first-order chi connectivity index (χ1) is 15.5. The van der Waals surface area contributed by atoms with Crippen LogP contribution in [0.2, 0.25) is 5.02 Å². The van der Waals surface area contributed by atoms with Crippen molar-refractivity contribution in [3.63, 3.8) is 0 Å². The molecule has 0 spiro atoms. The molecule has 4 aromatic rings. The number of carbonyl (C=O) groups excluding carboxylic acids is 2. The topological polar surface area (TPSA) is 97.6 Å². The molecule has 32 heavy (non-hydrogen) atoms. The molecule has 0 aliphatic rings. The Bertz CT molecular complexity index is 1320. The first-order valence-corrected chi connectivity index (χ1v) is 9.97. The van der Waals surface area contributed by atoms with Gasteiger partial charge in [-0.1, -0.05) is 23.7 Å². The zero-order valence-corrected chi connectivity index (χ0v) is 17.6. The summed E-state index contributed by atoms with van der Waals surface area (Å²) in [5.74, 6) is -1.07. The highest BCUT2D eigenvalue weighted by molar-refractivity contribution is 6.31. The number of fused-ring (bicyclic) bond motifs is 1. The van der Waals surface area contributed by atoms with Crippen LogP contribution in [0.5, 0.6) is 0 Å². The summed E-state index contributed by atoms with van der Waals surface area (Å²) in [6, 6.07) is 12.2. The number of hydrogen-bond donors (Lipinski definition) is 2. The molecule has 0 aliphatic carbocycles. The number of hydrogen-bond acceptors (Lipinski definition) is 5.